The van der Waals surface area contributed by atoms with E-state index in [0.717, 1.165) is 4.88 Å². The van der Waals surface area contributed by atoms with Crippen molar-refractivity contribution in [3.8, 4) is 0 Å². The van der Waals surface area contributed by atoms with Crippen molar-refractivity contribution in [3.63, 3.8) is 0 Å². The van der Waals surface area contributed by atoms with Crippen LogP contribution < -0.4 is 0 Å². The predicted molar refractivity (Wildman–Crippen MR) is 53.0 cm³/mol. The van der Waals surface area contributed by atoms with E-state index in [1.54, 1.807) is 12.1 Å². The number of aliphatic carboxylic acids is 1. The number of carboxylic acid groups (broad SMARTS) is 1. The molecule has 0 spiro atoms. The largest absolute Gasteiger partial charge is 0.478 e. The molecular formula is C8H6ClNO3S. The van der Waals surface area contributed by atoms with E-state index in [0.29, 0.717) is 16.5 Å². The first kappa shape index (κ1) is 9.48. The second kappa shape index (κ2) is 3.59. The monoisotopic (exact) mass is 231 g/mol. The van der Waals surface area contributed by atoms with Crippen LogP contribution in [0.25, 0.3) is 0 Å². The van der Waals surface area contributed by atoms with E-state index in [1.807, 2.05) is 0 Å². The van der Waals surface area contributed by atoms with Crippen molar-refractivity contribution in [2.45, 2.75) is 12.5 Å². The molecule has 14 heavy (non-hydrogen) atoms. The van der Waals surface area contributed by atoms with Crippen molar-refractivity contribution >= 4 is 34.6 Å². The summed E-state index contributed by atoms with van der Waals surface area (Å²) < 4.78 is 0.654. The quantitative estimate of drug-likeness (QED) is 0.847. The number of hydrogen-bond acceptors (Lipinski definition) is 4. The Morgan fingerprint density at radius 3 is 3.00 bits per heavy atom. The SMILES string of the molecule is O=C(O)[C@@H]1CC(c2ccc(Cl)s2)=NO1. The summed E-state index contributed by atoms with van der Waals surface area (Å²) >= 11 is 7.10. The molecule has 2 heterocycles. The minimum atomic E-state index is -0.994. The van der Waals surface area contributed by atoms with E-state index in [2.05, 4.69) is 5.16 Å². The third kappa shape index (κ3) is 1.73. The third-order valence-corrected chi connectivity index (χ3v) is 3.08. The van der Waals surface area contributed by atoms with Crippen molar-refractivity contribution in [2.24, 2.45) is 5.16 Å². The lowest BCUT2D eigenvalue weighted by Gasteiger charge is -1.98. The fourth-order valence-electron chi connectivity index (χ4n) is 1.12. The van der Waals surface area contributed by atoms with Crippen LogP contribution in [0.15, 0.2) is 17.3 Å². The van der Waals surface area contributed by atoms with E-state index in [1.165, 1.54) is 11.3 Å². The molecule has 1 aliphatic heterocycles. The van der Waals surface area contributed by atoms with Crippen LogP contribution in [0, 0.1) is 0 Å². The maximum atomic E-state index is 10.6. The Morgan fingerprint density at radius 1 is 1.71 bits per heavy atom. The van der Waals surface area contributed by atoms with Crippen LogP contribution >= 0.6 is 22.9 Å². The second-order valence-corrected chi connectivity index (χ2v) is 4.49. The van der Waals surface area contributed by atoms with Gasteiger partial charge in [-0.05, 0) is 12.1 Å². The van der Waals surface area contributed by atoms with Gasteiger partial charge in [-0.25, -0.2) is 4.79 Å². The molecule has 1 atom stereocenters. The second-order valence-electron chi connectivity index (χ2n) is 2.78. The first-order valence-electron chi connectivity index (χ1n) is 3.88. The number of nitrogens with zero attached hydrogens (tertiary/aromatic N) is 1. The molecule has 4 nitrogen and oxygen atoms in total. The summed E-state index contributed by atoms with van der Waals surface area (Å²) in [5.41, 5.74) is 0.648. The first-order chi connectivity index (χ1) is 6.66. The van der Waals surface area contributed by atoms with E-state index in [9.17, 15) is 4.79 Å². The Morgan fingerprint density at radius 2 is 2.50 bits per heavy atom. The summed E-state index contributed by atoms with van der Waals surface area (Å²) in [5.74, 6) is -0.994. The zero-order valence-electron chi connectivity index (χ0n) is 6.94. The summed E-state index contributed by atoms with van der Waals surface area (Å²) in [7, 11) is 0. The molecule has 0 unspecified atom stereocenters. The number of carboxylic acids is 1. The molecule has 0 amide bonds. The van der Waals surface area contributed by atoms with Gasteiger partial charge in [-0.15, -0.1) is 11.3 Å². The van der Waals surface area contributed by atoms with Crippen LogP contribution in [-0.4, -0.2) is 22.9 Å². The number of carbonyl (C=O) groups is 1. The fraction of sp³-hybridized carbons (Fsp3) is 0.250. The van der Waals surface area contributed by atoms with Gasteiger partial charge in [0.25, 0.3) is 0 Å². The molecule has 1 aromatic rings. The Hall–Kier alpha value is -1.07. The number of oxime groups is 1. The molecule has 0 saturated carbocycles. The van der Waals surface area contributed by atoms with Crippen molar-refractivity contribution in [1.29, 1.82) is 0 Å². The van der Waals surface area contributed by atoms with Gasteiger partial charge in [0.15, 0.2) is 0 Å². The highest BCUT2D eigenvalue weighted by Crippen LogP contribution is 2.26. The number of halogens is 1. The highest BCUT2D eigenvalue weighted by Gasteiger charge is 2.28. The van der Waals surface area contributed by atoms with E-state index >= 15 is 0 Å². The zero-order chi connectivity index (χ0) is 10.1. The minimum absolute atomic E-state index is 0.298. The summed E-state index contributed by atoms with van der Waals surface area (Å²) in [6.07, 6.45) is -0.558. The molecule has 74 valence electrons. The lowest BCUT2D eigenvalue weighted by Crippen LogP contribution is -2.19. The van der Waals surface area contributed by atoms with Crippen LogP contribution in [0.5, 0.6) is 0 Å². The molecular weight excluding hydrogens is 226 g/mol. The number of thiophene rings is 1. The Bertz CT molecular complexity index is 401. The van der Waals surface area contributed by atoms with Crippen molar-refractivity contribution < 1.29 is 14.7 Å². The number of hydrogen-bond donors (Lipinski definition) is 1. The fourth-order valence-corrected chi connectivity index (χ4v) is 2.16. The molecule has 0 aromatic carbocycles. The summed E-state index contributed by atoms with van der Waals surface area (Å²) in [6.45, 7) is 0. The molecule has 6 heteroatoms. The van der Waals surface area contributed by atoms with Crippen LogP contribution in [0.4, 0.5) is 0 Å². The van der Waals surface area contributed by atoms with Gasteiger partial charge in [0.05, 0.1) is 9.21 Å². The van der Waals surface area contributed by atoms with E-state index in [4.69, 9.17) is 21.5 Å². The number of rotatable bonds is 2. The van der Waals surface area contributed by atoms with Crippen LogP contribution in [0.1, 0.15) is 11.3 Å². The molecule has 0 aliphatic carbocycles. The highest BCUT2D eigenvalue weighted by molar-refractivity contribution is 7.18. The molecule has 1 N–H and O–H groups in total. The van der Waals surface area contributed by atoms with Gasteiger partial charge in [0.2, 0.25) is 6.10 Å². The normalized spacial score (nSPS) is 20.4. The Labute approximate surface area is 88.7 Å². The average molecular weight is 232 g/mol. The molecule has 0 radical (unpaired) electrons. The lowest BCUT2D eigenvalue weighted by molar-refractivity contribution is -0.148. The van der Waals surface area contributed by atoms with E-state index in [-0.39, 0.29) is 0 Å². The average Bonchev–Trinajstić information content (AvgIpc) is 2.70. The smallest absolute Gasteiger partial charge is 0.348 e. The standard InChI is InChI=1S/C8H6ClNO3S/c9-7-2-1-6(14-7)4-3-5(8(11)12)13-10-4/h1-2,5H,3H2,(H,11,12)/t5-/m0/s1. The van der Waals surface area contributed by atoms with Gasteiger partial charge in [-0.2, -0.15) is 0 Å². The Balaban J connectivity index is 2.12. The van der Waals surface area contributed by atoms with Gasteiger partial charge in [-0.1, -0.05) is 16.8 Å². The third-order valence-electron chi connectivity index (χ3n) is 1.80. The van der Waals surface area contributed by atoms with Crippen LogP contribution in [0.2, 0.25) is 4.34 Å². The summed E-state index contributed by atoms with van der Waals surface area (Å²) in [4.78, 5) is 16.2. The van der Waals surface area contributed by atoms with Crippen molar-refractivity contribution in [1.82, 2.24) is 0 Å². The van der Waals surface area contributed by atoms with Crippen molar-refractivity contribution in [3.05, 3.63) is 21.3 Å². The zero-order valence-corrected chi connectivity index (χ0v) is 8.51. The predicted octanol–water partition coefficient (Wildman–Crippen LogP) is 1.98. The van der Waals surface area contributed by atoms with Crippen molar-refractivity contribution in [2.75, 3.05) is 0 Å². The van der Waals surface area contributed by atoms with Gasteiger partial charge in [0, 0.05) is 6.42 Å². The van der Waals surface area contributed by atoms with E-state index < -0.39 is 12.1 Å². The molecule has 0 bridgehead atoms. The maximum absolute atomic E-state index is 10.6. The highest BCUT2D eigenvalue weighted by atomic mass is 35.5. The summed E-state index contributed by atoms with van der Waals surface area (Å²) in [5, 5.41) is 12.4. The van der Waals surface area contributed by atoms with Gasteiger partial charge < -0.3 is 9.94 Å². The van der Waals surface area contributed by atoms with Crippen LogP contribution in [0.3, 0.4) is 0 Å². The van der Waals surface area contributed by atoms with Gasteiger partial charge in [-0.3, -0.25) is 0 Å². The molecule has 2 rings (SSSR count). The maximum Gasteiger partial charge on any atom is 0.348 e. The lowest BCUT2D eigenvalue weighted by atomic mass is 10.1. The van der Waals surface area contributed by atoms with Gasteiger partial charge >= 0.3 is 5.97 Å². The molecule has 1 aromatic heterocycles. The molecule has 0 saturated heterocycles. The summed E-state index contributed by atoms with van der Waals surface area (Å²) in [6, 6.07) is 3.55. The van der Waals surface area contributed by atoms with Gasteiger partial charge in [0.1, 0.15) is 5.71 Å². The Kier molecular flexibility index (Phi) is 2.43. The first-order valence-corrected chi connectivity index (χ1v) is 5.07. The molecule has 0 fully saturated rings. The minimum Gasteiger partial charge on any atom is -0.478 e. The molecule has 1 aliphatic rings. The topological polar surface area (TPSA) is 58.9 Å². The van der Waals surface area contributed by atoms with Crippen LogP contribution in [-0.2, 0) is 9.63 Å².